The summed E-state index contributed by atoms with van der Waals surface area (Å²) in [4.78, 5) is 0. The Labute approximate surface area is 167 Å². The zero-order valence-corrected chi connectivity index (χ0v) is 16.8. The van der Waals surface area contributed by atoms with E-state index < -0.39 is 0 Å². The van der Waals surface area contributed by atoms with Crippen LogP contribution in [0.4, 0.5) is 0 Å². The number of nitrogens with one attached hydrogen (secondary N) is 1. The van der Waals surface area contributed by atoms with Crippen molar-refractivity contribution in [2.45, 2.75) is 44.9 Å². The van der Waals surface area contributed by atoms with E-state index in [1.54, 1.807) is 0 Å². The summed E-state index contributed by atoms with van der Waals surface area (Å²) in [5.41, 5.74) is 4.06. The van der Waals surface area contributed by atoms with Crippen LogP contribution in [0.3, 0.4) is 0 Å². The maximum Gasteiger partial charge on any atom is 0.0502 e. The van der Waals surface area contributed by atoms with Crippen molar-refractivity contribution >= 4 is 23.2 Å². The molecule has 0 aromatic heterocycles. The first-order chi connectivity index (χ1) is 12.6. The molecule has 0 saturated heterocycles. The highest BCUT2D eigenvalue weighted by molar-refractivity contribution is 6.39. The van der Waals surface area contributed by atoms with Crippen molar-refractivity contribution < 1.29 is 0 Å². The monoisotopic (exact) mass is 387 g/mol. The SMILES string of the molecule is C=C(Cc1cc(Cl)c(-c2ccccc2)c(Cl)c1)NCCC1CCCCC1. The molecule has 3 heteroatoms. The molecule has 2 aromatic rings. The molecule has 1 aliphatic carbocycles. The Bertz CT molecular complexity index is 710. The number of hydrogen-bond donors (Lipinski definition) is 1. The predicted molar refractivity (Wildman–Crippen MR) is 114 cm³/mol. The molecule has 0 amide bonds. The van der Waals surface area contributed by atoms with Gasteiger partial charge in [0.05, 0.1) is 10.0 Å². The molecule has 1 saturated carbocycles. The minimum Gasteiger partial charge on any atom is -0.389 e. The first kappa shape index (κ1) is 19.3. The van der Waals surface area contributed by atoms with E-state index in [0.29, 0.717) is 10.0 Å². The van der Waals surface area contributed by atoms with Crippen LogP contribution < -0.4 is 5.32 Å². The summed E-state index contributed by atoms with van der Waals surface area (Å²) in [6, 6.07) is 14.0. The molecular formula is C23H27Cl2N. The van der Waals surface area contributed by atoms with Crippen molar-refractivity contribution in [3.05, 3.63) is 70.3 Å². The van der Waals surface area contributed by atoms with Gasteiger partial charge in [-0.1, -0.05) is 92.2 Å². The molecule has 138 valence electrons. The van der Waals surface area contributed by atoms with E-state index in [1.807, 2.05) is 42.5 Å². The predicted octanol–water partition coefficient (Wildman–Crippen LogP) is 7.28. The van der Waals surface area contributed by atoms with E-state index in [1.165, 1.54) is 38.5 Å². The standard InChI is InChI=1S/C23H27Cl2N/c1-17(26-13-12-18-8-4-2-5-9-18)14-19-15-21(24)23(22(25)16-19)20-10-6-3-7-11-20/h3,6-7,10-11,15-16,18,26H,1-2,4-5,8-9,12-14H2. The molecule has 1 nitrogen and oxygen atoms in total. The number of halogens is 2. The molecule has 0 bridgehead atoms. The number of allylic oxidation sites excluding steroid dienone is 1. The highest BCUT2D eigenvalue weighted by Crippen LogP contribution is 2.36. The van der Waals surface area contributed by atoms with Crippen LogP contribution in [0.15, 0.2) is 54.7 Å². The van der Waals surface area contributed by atoms with E-state index in [4.69, 9.17) is 23.2 Å². The van der Waals surface area contributed by atoms with Crippen molar-refractivity contribution in [2.75, 3.05) is 6.54 Å². The quantitative estimate of drug-likeness (QED) is 0.526. The Balaban J connectivity index is 1.57. The summed E-state index contributed by atoms with van der Waals surface area (Å²) < 4.78 is 0. The fourth-order valence-corrected chi connectivity index (χ4v) is 4.60. The summed E-state index contributed by atoms with van der Waals surface area (Å²) in [5, 5.41) is 4.86. The van der Waals surface area contributed by atoms with Gasteiger partial charge in [-0.15, -0.1) is 0 Å². The van der Waals surface area contributed by atoms with Crippen molar-refractivity contribution in [1.29, 1.82) is 0 Å². The van der Waals surface area contributed by atoms with Gasteiger partial charge in [-0.2, -0.15) is 0 Å². The van der Waals surface area contributed by atoms with Gasteiger partial charge < -0.3 is 5.32 Å². The average molecular weight is 388 g/mol. The van der Waals surface area contributed by atoms with Crippen molar-refractivity contribution in [3.8, 4) is 11.1 Å². The Kier molecular flexibility index (Phi) is 7.05. The smallest absolute Gasteiger partial charge is 0.0502 e. The Morgan fingerprint density at radius 1 is 1.00 bits per heavy atom. The van der Waals surface area contributed by atoms with Crippen LogP contribution in [0.2, 0.25) is 10.0 Å². The van der Waals surface area contributed by atoms with Gasteiger partial charge in [0.2, 0.25) is 0 Å². The first-order valence-corrected chi connectivity index (χ1v) is 10.3. The second-order valence-electron chi connectivity index (χ2n) is 7.30. The lowest BCUT2D eigenvalue weighted by molar-refractivity contribution is 0.337. The van der Waals surface area contributed by atoms with E-state index in [9.17, 15) is 0 Å². The summed E-state index contributed by atoms with van der Waals surface area (Å²) >= 11 is 13.0. The summed E-state index contributed by atoms with van der Waals surface area (Å²) in [6.45, 7) is 5.18. The van der Waals surface area contributed by atoms with Crippen LogP contribution in [0.5, 0.6) is 0 Å². The Morgan fingerprint density at radius 3 is 2.31 bits per heavy atom. The van der Waals surface area contributed by atoms with Crippen LogP contribution in [-0.2, 0) is 6.42 Å². The number of rotatable bonds is 7. The largest absolute Gasteiger partial charge is 0.389 e. The van der Waals surface area contributed by atoms with Gasteiger partial charge in [-0.3, -0.25) is 0 Å². The molecule has 0 radical (unpaired) electrons. The second-order valence-corrected chi connectivity index (χ2v) is 8.11. The van der Waals surface area contributed by atoms with Gasteiger partial charge in [0.1, 0.15) is 0 Å². The molecule has 1 aliphatic rings. The Morgan fingerprint density at radius 2 is 1.65 bits per heavy atom. The van der Waals surface area contributed by atoms with Gasteiger partial charge in [0, 0.05) is 24.2 Å². The minimum absolute atomic E-state index is 0.689. The molecule has 1 fully saturated rings. The lowest BCUT2D eigenvalue weighted by Gasteiger charge is -2.22. The molecule has 1 N–H and O–H groups in total. The maximum absolute atomic E-state index is 6.52. The third kappa shape index (κ3) is 5.28. The van der Waals surface area contributed by atoms with E-state index in [0.717, 1.165) is 41.3 Å². The minimum atomic E-state index is 0.689. The van der Waals surface area contributed by atoms with Crippen LogP contribution >= 0.6 is 23.2 Å². The summed E-state index contributed by atoms with van der Waals surface area (Å²) in [5.74, 6) is 0.887. The fourth-order valence-electron chi connectivity index (χ4n) is 3.85. The van der Waals surface area contributed by atoms with Crippen molar-refractivity contribution in [2.24, 2.45) is 5.92 Å². The third-order valence-corrected chi connectivity index (χ3v) is 5.83. The average Bonchev–Trinajstić information content (AvgIpc) is 2.63. The molecule has 0 unspecified atom stereocenters. The topological polar surface area (TPSA) is 12.0 Å². The summed E-state index contributed by atoms with van der Waals surface area (Å²) in [7, 11) is 0. The highest BCUT2D eigenvalue weighted by atomic mass is 35.5. The molecule has 0 aliphatic heterocycles. The van der Waals surface area contributed by atoms with E-state index in [-0.39, 0.29) is 0 Å². The van der Waals surface area contributed by atoms with Gasteiger partial charge >= 0.3 is 0 Å². The van der Waals surface area contributed by atoms with E-state index in [2.05, 4.69) is 11.9 Å². The molecule has 2 aromatic carbocycles. The van der Waals surface area contributed by atoms with Crippen molar-refractivity contribution in [3.63, 3.8) is 0 Å². The molecule has 0 heterocycles. The van der Waals surface area contributed by atoms with Crippen LogP contribution in [0.1, 0.15) is 44.1 Å². The first-order valence-electron chi connectivity index (χ1n) is 9.58. The lowest BCUT2D eigenvalue weighted by Crippen LogP contribution is -2.19. The Hall–Kier alpha value is -1.44. The molecule has 0 atom stereocenters. The number of benzene rings is 2. The number of hydrogen-bond acceptors (Lipinski definition) is 1. The molecular weight excluding hydrogens is 361 g/mol. The zero-order chi connectivity index (χ0) is 18.4. The lowest BCUT2D eigenvalue weighted by atomic mass is 9.87. The molecule has 0 spiro atoms. The normalized spacial score (nSPS) is 15.0. The van der Waals surface area contributed by atoms with Gasteiger partial charge in [0.15, 0.2) is 0 Å². The highest BCUT2D eigenvalue weighted by Gasteiger charge is 2.13. The zero-order valence-electron chi connectivity index (χ0n) is 15.2. The fraction of sp³-hybridized carbons (Fsp3) is 0.391. The van der Waals surface area contributed by atoms with E-state index >= 15 is 0 Å². The van der Waals surface area contributed by atoms with Crippen LogP contribution in [0.25, 0.3) is 11.1 Å². The van der Waals surface area contributed by atoms with Crippen LogP contribution in [0, 0.1) is 5.92 Å². The maximum atomic E-state index is 6.52. The van der Waals surface area contributed by atoms with Crippen molar-refractivity contribution in [1.82, 2.24) is 5.32 Å². The molecule has 3 rings (SSSR count). The van der Waals surface area contributed by atoms with Gasteiger partial charge in [-0.25, -0.2) is 0 Å². The van der Waals surface area contributed by atoms with Gasteiger partial charge in [-0.05, 0) is 35.6 Å². The molecule has 26 heavy (non-hydrogen) atoms. The second kappa shape index (κ2) is 9.48. The third-order valence-electron chi connectivity index (χ3n) is 5.23. The van der Waals surface area contributed by atoms with Crippen LogP contribution in [-0.4, -0.2) is 6.54 Å². The van der Waals surface area contributed by atoms with Gasteiger partial charge in [0.25, 0.3) is 0 Å². The summed E-state index contributed by atoms with van der Waals surface area (Å²) in [6.07, 6.45) is 8.98.